The largest absolute Gasteiger partial charge is 0.383 e. The standard InChI is InChI=1S/C15H31NO2/c1-11(12(2)16-8-9-17-7)13-10-14(3,4)18-15(13,5)6/h11-13,16H,8-10H2,1-7H3. The van der Waals surface area contributed by atoms with E-state index in [4.69, 9.17) is 9.47 Å². The fourth-order valence-corrected chi connectivity index (χ4v) is 3.35. The summed E-state index contributed by atoms with van der Waals surface area (Å²) in [5.41, 5.74) is -0.0191. The van der Waals surface area contributed by atoms with Crippen LogP contribution in [0.2, 0.25) is 0 Å². The van der Waals surface area contributed by atoms with Gasteiger partial charge >= 0.3 is 0 Å². The number of hydrogen-bond acceptors (Lipinski definition) is 3. The molecule has 1 N–H and O–H groups in total. The highest BCUT2D eigenvalue weighted by Gasteiger charge is 2.48. The zero-order valence-electron chi connectivity index (χ0n) is 13.2. The molecular formula is C15H31NO2. The maximum atomic E-state index is 6.19. The molecule has 0 aromatic rings. The highest BCUT2D eigenvalue weighted by Crippen LogP contribution is 2.46. The van der Waals surface area contributed by atoms with Crippen LogP contribution in [-0.4, -0.2) is 37.5 Å². The number of nitrogens with one attached hydrogen (secondary N) is 1. The van der Waals surface area contributed by atoms with Crippen LogP contribution < -0.4 is 5.32 Å². The third-order valence-electron chi connectivity index (χ3n) is 4.34. The van der Waals surface area contributed by atoms with Gasteiger partial charge in [-0.25, -0.2) is 0 Å². The predicted octanol–water partition coefficient (Wildman–Crippen LogP) is 2.84. The van der Waals surface area contributed by atoms with Crippen LogP contribution in [-0.2, 0) is 9.47 Å². The summed E-state index contributed by atoms with van der Waals surface area (Å²) < 4.78 is 11.3. The van der Waals surface area contributed by atoms with Gasteiger partial charge in [-0.2, -0.15) is 0 Å². The molecule has 3 unspecified atom stereocenters. The quantitative estimate of drug-likeness (QED) is 0.742. The van der Waals surface area contributed by atoms with E-state index in [9.17, 15) is 0 Å². The van der Waals surface area contributed by atoms with Crippen LogP contribution in [0.15, 0.2) is 0 Å². The molecule has 1 saturated heterocycles. The molecule has 18 heavy (non-hydrogen) atoms. The molecule has 1 aliphatic rings. The smallest absolute Gasteiger partial charge is 0.0666 e. The lowest BCUT2D eigenvalue weighted by molar-refractivity contribution is -0.0805. The Kier molecular flexibility index (Phi) is 5.22. The molecule has 0 saturated carbocycles. The number of hydrogen-bond donors (Lipinski definition) is 1. The van der Waals surface area contributed by atoms with Gasteiger partial charge in [0, 0.05) is 19.7 Å². The molecule has 0 aliphatic carbocycles. The molecule has 0 aromatic heterocycles. The van der Waals surface area contributed by atoms with E-state index in [2.05, 4.69) is 46.9 Å². The van der Waals surface area contributed by atoms with E-state index in [-0.39, 0.29) is 11.2 Å². The molecule has 1 heterocycles. The van der Waals surface area contributed by atoms with Crippen molar-refractivity contribution in [3.8, 4) is 0 Å². The van der Waals surface area contributed by atoms with Gasteiger partial charge in [0.15, 0.2) is 0 Å². The lowest BCUT2D eigenvalue weighted by atomic mass is 9.76. The van der Waals surface area contributed by atoms with Crippen molar-refractivity contribution in [2.24, 2.45) is 11.8 Å². The van der Waals surface area contributed by atoms with Crippen molar-refractivity contribution in [2.75, 3.05) is 20.3 Å². The summed E-state index contributed by atoms with van der Waals surface area (Å²) >= 11 is 0. The van der Waals surface area contributed by atoms with E-state index >= 15 is 0 Å². The van der Waals surface area contributed by atoms with E-state index in [0.29, 0.717) is 17.9 Å². The Morgan fingerprint density at radius 1 is 1.28 bits per heavy atom. The van der Waals surface area contributed by atoms with Crippen LogP contribution in [0.4, 0.5) is 0 Å². The Labute approximate surface area is 113 Å². The second-order valence-electron chi connectivity index (χ2n) is 6.87. The first-order chi connectivity index (χ1) is 8.19. The van der Waals surface area contributed by atoms with Gasteiger partial charge in [0.1, 0.15) is 0 Å². The van der Waals surface area contributed by atoms with Crippen LogP contribution in [0.3, 0.4) is 0 Å². The van der Waals surface area contributed by atoms with Crippen molar-refractivity contribution < 1.29 is 9.47 Å². The van der Waals surface area contributed by atoms with E-state index in [0.717, 1.165) is 19.6 Å². The molecule has 3 nitrogen and oxygen atoms in total. The van der Waals surface area contributed by atoms with Crippen LogP contribution in [0.1, 0.15) is 48.0 Å². The minimum Gasteiger partial charge on any atom is -0.383 e. The van der Waals surface area contributed by atoms with Gasteiger partial charge in [-0.1, -0.05) is 6.92 Å². The van der Waals surface area contributed by atoms with Crippen molar-refractivity contribution in [3.63, 3.8) is 0 Å². The highest BCUT2D eigenvalue weighted by atomic mass is 16.5. The van der Waals surface area contributed by atoms with Crippen molar-refractivity contribution in [1.82, 2.24) is 5.32 Å². The minimum absolute atomic E-state index is 0.00861. The third kappa shape index (κ3) is 3.94. The summed E-state index contributed by atoms with van der Waals surface area (Å²) in [5, 5.41) is 3.54. The summed E-state index contributed by atoms with van der Waals surface area (Å²) in [7, 11) is 1.74. The number of ether oxygens (including phenoxy) is 2. The van der Waals surface area contributed by atoms with Gasteiger partial charge in [-0.15, -0.1) is 0 Å². The lowest BCUT2D eigenvalue weighted by Gasteiger charge is -2.34. The Hall–Kier alpha value is -0.120. The Balaban J connectivity index is 2.57. The summed E-state index contributed by atoms with van der Waals surface area (Å²) in [6, 6.07) is 0.488. The molecule has 1 fully saturated rings. The van der Waals surface area contributed by atoms with Crippen LogP contribution >= 0.6 is 0 Å². The van der Waals surface area contributed by atoms with Crippen molar-refractivity contribution in [2.45, 2.75) is 65.2 Å². The topological polar surface area (TPSA) is 30.5 Å². The second kappa shape index (κ2) is 5.89. The second-order valence-corrected chi connectivity index (χ2v) is 6.87. The lowest BCUT2D eigenvalue weighted by Crippen LogP contribution is -2.42. The monoisotopic (exact) mass is 257 g/mol. The molecule has 1 rings (SSSR count). The van der Waals surface area contributed by atoms with Gasteiger partial charge < -0.3 is 14.8 Å². The molecule has 0 bridgehead atoms. The third-order valence-corrected chi connectivity index (χ3v) is 4.34. The molecule has 3 heteroatoms. The molecule has 0 radical (unpaired) electrons. The first kappa shape index (κ1) is 15.9. The summed E-state index contributed by atoms with van der Waals surface area (Å²) in [4.78, 5) is 0. The Morgan fingerprint density at radius 2 is 1.89 bits per heavy atom. The molecule has 1 aliphatic heterocycles. The molecule has 0 aromatic carbocycles. The molecule has 3 atom stereocenters. The maximum absolute atomic E-state index is 6.19. The molecule has 0 spiro atoms. The minimum atomic E-state index is -0.0277. The van der Waals surface area contributed by atoms with E-state index in [1.165, 1.54) is 0 Å². The Morgan fingerprint density at radius 3 is 2.33 bits per heavy atom. The molecular weight excluding hydrogens is 226 g/mol. The van der Waals surface area contributed by atoms with Crippen LogP contribution in [0, 0.1) is 11.8 Å². The predicted molar refractivity (Wildman–Crippen MR) is 75.9 cm³/mol. The summed E-state index contributed by atoms with van der Waals surface area (Å²) in [6.45, 7) is 15.1. The summed E-state index contributed by atoms with van der Waals surface area (Å²) in [5.74, 6) is 1.19. The average Bonchev–Trinajstić information content (AvgIpc) is 2.45. The first-order valence-corrected chi connectivity index (χ1v) is 7.12. The molecule has 0 amide bonds. The summed E-state index contributed by atoms with van der Waals surface area (Å²) in [6.07, 6.45) is 1.14. The fraction of sp³-hybridized carbons (Fsp3) is 1.00. The van der Waals surface area contributed by atoms with Gasteiger partial charge in [0.2, 0.25) is 0 Å². The SMILES string of the molecule is COCCNC(C)C(C)C1CC(C)(C)OC1(C)C. The highest BCUT2D eigenvalue weighted by molar-refractivity contribution is 4.98. The van der Waals surface area contributed by atoms with Gasteiger partial charge in [-0.05, 0) is 52.9 Å². The van der Waals surface area contributed by atoms with Gasteiger partial charge in [-0.3, -0.25) is 0 Å². The average molecular weight is 257 g/mol. The van der Waals surface area contributed by atoms with Crippen molar-refractivity contribution in [3.05, 3.63) is 0 Å². The first-order valence-electron chi connectivity index (χ1n) is 7.12. The molecule has 108 valence electrons. The zero-order valence-corrected chi connectivity index (χ0v) is 13.2. The zero-order chi connectivity index (χ0) is 14.0. The number of rotatable bonds is 6. The number of methoxy groups -OCH3 is 1. The maximum Gasteiger partial charge on any atom is 0.0666 e. The van der Waals surface area contributed by atoms with Crippen LogP contribution in [0.25, 0.3) is 0 Å². The normalized spacial score (nSPS) is 29.2. The van der Waals surface area contributed by atoms with Gasteiger partial charge in [0.05, 0.1) is 17.8 Å². The van der Waals surface area contributed by atoms with Gasteiger partial charge in [0.25, 0.3) is 0 Å². The van der Waals surface area contributed by atoms with E-state index < -0.39 is 0 Å². The Bertz CT molecular complexity index is 263. The van der Waals surface area contributed by atoms with E-state index in [1.807, 2.05) is 0 Å². The van der Waals surface area contributed by atoms with E-state index in [1.54, 1.807) is 7.11 Å². The van der Waals surface area contributed by atoms with Crippen molar-refractivity contribution >= 4 is 0 Å². The van der Waals surface area contributed by atoms with Crippen LogP contribution in [0.5, 0.6) is 0 Å². The fourth-order valence-electron chi connectivity index (χ4n) is 3.35. The van der Waals surface area contributed by atoms with Crippen molar-refractivity contribution in [1.29, 1.82) is 0 Å².